The number of rotatable bonds is 17. The number of nitrogens with one attached hydrogen (secondary N) is 3. The normalized spacial score (nSPS) is 30.8. The predicted molar refractivity (Wildman–Crippen MR) is 216 cm³/mol. The molecule has 3 aromatic rings. The molecule has 10 atom stereocenters. The summed E-state index contributed by atoms with van der Waals surface area (Å²) in [4.78, 5) is 80.9. The van der Waals surface area contributed by atoms with Crippen LogP contribution in [0.2, 0.25) is 0 Å². The van der Waals surface area contributed by atoms with Crippen LogP contribution in [0.3, 0.4) is 0 Å². The molecule has 7 rings (SSSR count). The van der Waals surface area contributed by atoms with Gasteiger partial charge in [0.25, 0.3) is 11.1 Å². The van der Waals surface area contributed by atoms with Crippen LogP contribution in [0.4, 0.5) is 23.4 Å². The molecular formula is C32H50N12O18P2. The van der Waals surface area contributed by atoms with Gasteiger partial charge in [0.2, 0.25) is 17.8 Å². The van der Waals surface area contributed by atoms with Crippen LogP contribution in [0.1, 0.15) is 12.6 Å². The van der Waals surface area contributed by atoms with E-state index in [4.69, 9.17) is 63.7 Å². The minimum Gasteiger partial charge on any atom is -0.386 e. The highest BCUT2D eigenvalue weighted by molar-refractivity contribution is 7.47. The van der Waals surface area contributed by atoms with Crippen LogP contribution >= 0.6 is 15.6 Å². The Labute approximate surface area is 361 Å². The number of phosphoric ester groups is 2. The van der Waals surface area contributed by atoms with Crippen molar-refractivity contribution in [1.82, 2.24) is 34.8 Å². The molecule has 0 saturated carbocycles. The van der Waals surface area contributed by atoms with Gasteiger partial charge in [0.1, 0.15) is 42.2 Å². The summed E-state index contributed by atoms with van der Waals surface area (Å²) in [6.07, 6.45) is -10.4. The van der Waals surface area contributed by atoms with Gasteiger partial charge in [0.05, 0.1) is 79.1 Å². The van der Waals surface area contributed by atoms with Gasteiger partial charge in [0, 0.05) is 20.0 Å². The highest BCUT2D eigenvalue weighted by atomic mass is 31.2. The SMILES string of the molecule is CN1CN([C@@H]2O[C@@H]3COP(=O)(O)OC4[C@@H](COP(=O)(O)OC3[C@@H]2NC(=O)CCOCCOCCOCCOCCN)O[C@@H](n2cnc3c(=O)[nH]c(N)nc32)[C@H]4O)c2nc(N)[nH]c(=O)c21. The second kappa shape index (κ2) is 20.5. The molecule has 3 aromatic heterocycles. The van der Waals surface area contributed by atoms with Gasteiger partial charge in [-0.15, -0.1) is 0 Å². The summed E-state index contributed by atoms with van der Waals surface area (Å²) in [5, 5.41) is 14.1. The summed E-state index contributed by atoms with van der Waals surface area (Å²) in [6.45, 7) is 0.675. The minimum absolute atomic E-state index is 0.0150. The monoisotopic (exact) mass is 952 g/mol. The Hall–Kier alpha value is -4.20. The first-order valence-corrected chi connectivity index (χ1v) is 22.8. The van der Waals surface area contributed by atoms with E-state index in [2.05, 4.69) is 30.2 Å². The number of aliphatic hydroxyl groups excluding tert-OH is 1. The van der Waals surface area contributed by atoms with Crippen LogP contribution in [0.25, 0.3) is 11.2 Å². The smallest absolute Gasteiger partial charge is 0.386 e. The Morgan fingerprint density at radius 1 is 0.859 bits per heavy atom. The molecule has 3 saturated heterocycles. The predicted octanol–water partition coefficient (Wildman–Crippen LogP) is -3.82. The lowest BCUT2D eigenvalue weighted by atomic mass is 10.1. The van der Waals surface area contributed by atoms with Crippen molar-refractivity contribution >= 4 is 56.1 Å². The standard InChI is InChI=1S/C32H50N12O18P2/c1-42-15-44(26-21(42)28(48)41-32(35)39-26)29-19(37-18(45)2-4-53-6-8-55-10-11-56-9-7-54-5-3-33)23-16(59-29)12-57-64(51,52)62-24-17(13-58-63(49,50)61-23)60-30(22(24)46)43-14-36-20-25(43)38-31(34)40-27(20)47/h14,16-17,19,22-24,29-30,46H,2-13,15,33H2,1H3,(H,37,45)(H,49,50)(H,51,52)(H3,34,38,40,47)(H3,35,39,41,48)/t16-,17-,19+,22+,23?,24?,29-,30-/m1/s1. The third kappa shape index (κ3) is 11.1. The zero-order chi connectivity index (χ0) is 45.8. The van der Waals surface area contributed by atoms with E-state index in [1.54, 1.807) is 7.05 Å². The van der Waals surface area contributed by atoms with Crippen LogP contribution < -0.4 is 43.4 Å². The maximum Gasteiger partial charge on any atom is 0.472 e. The maximum absolute atomic E-state index is 13.8. The number of carbonyl (C=O) groups is 1. The summed E-state index contributed by atoms with van der Waals surface area (Å²) in [5.74, 6) is -1.18. The van der Waals surface area contributed by atoms with E-state index in [1.165, 1.54) is 9.80 Å². The summed E-state index contributed by atoms with van der Waals surface area (Å²) in [5.41, 5.74) is 15.4. The molecular weight excluding hydrogens is 902 g/mol. The molecule has 0 aliphatic carbocycles. The zero-order valence-corrected chi connectivity index (χ0v) is 36.0. The molecule has 0 spiro atoms. The van der Waals surface area contributed by atoms with Crippen molar-refractivity contribution in [2.24, 2.45) is 5.73 Å². The number of H-pyrrole nitrogens is 2. The number of nitrogens with zero attached hydrogens (tertiary/aromatic N) is 6. The van der Waals surface area contributed by atoms with Crippen molar-refractivity contribution in [3.63, 3.8) is 0 Å². The second-order valence-corrected chi connectivity index (χ2v) is 17.4. The van der Waals surface area contributed by atoms with Crippen molar-refractivity contribution < 1.29 is 75.3 Å². The first-order valence-electron chi connectivity index (χ1n) is 19.8. The average molecular weight is 953 g/mol. The third-order valence-electron chi connectivity index (χ3n) is 10.1. The van der Waals surface area contributed by atoms with Crippen molar-refractivity contribution in [2.75, 3.05) is 108 Å². The van der Waals surface area contributed by atoms with E-state index in [0.29, 0.717) is 39.6 Å². The fourth-order valence-electron chi connectivity index (χ4n) is 7.32. The first kappa shape index (κ1) is 47.8. The van der Waals surface area contributed by atoms with Gasteiger partial charge in [-0.2, -0.15) is 9.97 Å². The molecule has 30 nitrogen and oxygen atoms in total. The molecule has 4 aliphatic heterocycles. The van der Waals surface area contributed by atoms with E-state index in [0.717, 1.165) is 10.9 Å². The number of ether oxygens (including phenoxy) is 6. The van der Waals surface area contributed by atoms with Crippen molar-refractivity contribution in [3.05, 3.63) is 27.0 Å². The van der Waals surface area contributed by atoms with Crippen molar-refractivity contribution in [1.29, 1.82) is 0 Å². The number of amides is 1. The topological polar surface area (TPSA) is 410 Å². The molecule has 3 fully saturated rings. The third-order valence-corrected chi connectivity index (χ3v) is 12.1. The second-order valence-electron chi connectivity index (χ2n) is 14.6. The molecule has 0 bridgehead atoms. The summed E-state index contributed by atoms with van der Waals surface area (Å²) < 4.78 is 84.0. The molecule has 32 heteroatoms. The number of hydrogen-bond acceptors (Lipinski definition) is 24. The van der Waals surface area contributed by atoms with Crippen LogP contribution in [-0.4, -0.2) is 179 Å². The molecule has 4 aliphatic rings. The average Bonchev–Trinajstić information content (AvgIpc) is 3.97. The Balaban J connectivity index is 1.06. The number of fused-ring (bicyclic) bond motifs is 4. The van der Waals surface area contributed by atoms with Crippen molar-refractivity contribution in [2.45, 2.75) is 55.4 Å². The number of hydrogen-bond donors (Lipinski definition) is 9. The molecule has 12 N–H and O–H groups in total. The van der Waals surface area contributed by atoms with Gasteiger partial charge in [-0.05, 0) is 0 Å². The summed E-state index contributed by atoms with van der Waals surface area (Å²) >= 11 is 0. The van der Waals surface area contributed by atoms with Gasteiger partial charge in [-0.3, -0.25) is 47.0 Å². The van der Waals surface area contributed by atoms with E-state index < -0.39 is 94.9 Å². The maximum atomic E-state index is 13.8. The summed E-state index contributed by atoms with van der Waals surface area (Å²) in [6, 6.07) is -1.41. The van der Waals surface area contributed by atoms with Crippen molar-refractivity contribution in [3.8, 4) is 0 Å². The molecule has 7 heterocycles. The Morgan fingerprint density at radius 2 is 1.42 bits per heavy atom. The number of carbonyl (C=O) groups excluding carboxylic acids is 1. The van der Waals surface area contributed by atoms with E-state index in [9.17, 15) is 38.4 Å². The molecule has 1 amide bonds. The van der Waals surface area contributed by atoms with Gasteiger partial charge in [-0.25, -0.2) is 14.1 Å². The highest BCUT2D eigenvalue weighted by Crippen LogP contribution is 2.53. The van der Waals surface area contributed by atoms with E-state index in [-0.39, 0.29) is 67.5 Å². The lowest BCUT2D eigenvalue weighted by molar-refractivity contribution is -0.124. The number of aliphatic hydroxyl groups is 1. The van der Waals surface area contributed by atoms with E-state index >= 15 is 0 Å². The molecule has 0 radical (unpaired) electrons. The Kier molecular flexibility index (Phi) is 15.3. The van der Waals surface area contributed by atoms with Crippen LogP contribution in [-0.2, 0) is 60.4 Å². The Bertz CT molecular complexity index is 2320. The Morgan fingerprint density at radius 3 is 2.08 bits per heavy atom. The van der Waals surface area contributed by atoms with Gasteiger partial charge in [0.15, 0.2) is 29.4 Å². The number of nitrogen functional groups attached to an aromatic ring is 2. The fraction of sp³-hybridized carbons (Fsp3) is 0.688. The number of aromatic nitrogens is 6. The molecule has 0 aromatic carbocycles. The molecule has 64 heavy (non-hydrogen) atoms. The quantitative estimate of drug-likeness (QED) is 0.0462. The minimum atomic E-state index is -5.23. The number of imidazole rings is 1. The number of nitrogens with two attached hydrogens (primary N) is 3. The zero-order valence-electron chi connectivity index (χ0n) is 34.2. The molecule has 356 valence electrons. The van der Waals surface area contributed by atoms with Crippen LogP contribution in [0.5, 0.6) is 0 Å². The van der Waals surface area contributed by atoms with Gasteiger partial charge in [-0.1, -0.05) is 0 Å². The number of phosphoric acid groups is 2. The van der Waals surface area contributed by atoms with Crippen LogP contribution in [0.15, 0.2) is 15.9 Å². The van der Waals surface area contributed by atoms with Gasteiger partial charge >= 0.3 is 15.6 Å². The fourth-order valence-corrected chi connectivity index (χ4v) is 9.26. The lowest BCUT2D eigenvalue weighted by Gasteiger charge is -2.32. The van der Waals surface area contributed by atoms with Crippen LogP contribution in [0, 0.1) is 0 Å². The first-order chi connectivity index (χ1) is 30.6. The summed E-state index contributed by atoms with van der Waals surface area (Å²) in [7, 11) is -8.87. The largest absolute Gasteiger partial charge is 0.472 e. The van der Waals surface area contributed by atoms with Gasteiger partial charge < -0.3 is 75.6 Å². The number of aromatic amines is 2. The van der Waals surface area contributed by atoms with E-state index in [1.807, 2.05) is 0 Å². The number of anilines is 4. The highest BCUT2D eigenvalue weighted by Gasteiger charge is 2.56. The lowest BCUT2D eigenvalue weighted by Crippen LogP contribution is -2.55. The molecule has 4 unspecified atom stereocenters.